The summed E-state index contributed by atoms with van der Waals surface area (Å²) >= 11 is 0. The van der Waals surface area contributed by atoms with Gasteiger partial charge in [-0.05, 0) is 12.0 Å². The van der Waals surface area contributed by atoms with E-state index in [1.807, 2.05) is 12.1 Å². The highest BCUT2D eigenvalue weighted by Gasteiger charge is 2.18. The van der Waals surface area contributed by atoms with Gasteiger partial charge < -0.3 is 24.3 Å². The third-order valence-corrected chi connectivity index (χ3v) is 2.93. The van der Waals surface area contributed by atoms with E-state index in [1.165, 1.54) is 0 Å². The van der Waals surface area contributed by atoms with Crippen molar-refractivity contribution in [2.75, 3.05) is 33.7 Å². The molecular formula is C15H23NO4. The minimum Gasteiger partial charge on any atom is -0.493 e. The Hall–Kier alpha value is -1.46. The zero-order valence-corrected chi connectivity index (χ0v) is 12.4. The van der Waals surface area contributed by atoms with E-state index in [1.54, 1.807) is 7.11 Å². The molecule has 5 heteroatoms. The Bertz CT molecular complexity index is 434. The van der Waals surface area contributed by atoms with Crippen molar-refractivity contribution in [3.05, 3.63) is 17.7 Å². The van der Waals surface area contributed by atoms with Gasteiger partial charge in [-0.25, -0.2) is 0 Å². The molecule has 5 nitrogen and oxygen atoms in total. The fourth-order valence-corrected chi connectivity index (χ4v) is 1.89. The number of rotatable bonds is 8. The van der Waals surface area contributed by atoms with Crippen LogP contribution in [-0.2, 0) is 11.3 Å². The summed E-state index contributed by atoms with van der Waals surface area (Å²) in [6.07, 6.45) is 0. The molecule has 1 aromatic rings. The Labute approximate surface area is 120 Å². The molecule has 1 heterocycles. The number of nitrogens with one attached hydrogen (secondary N) is 1. The Morgan fingerprint density at radius 1 is 1.25 bits per heavy atom. The molecule has 1 N–H and O–H groups in total. The lowest BCUT2D eigenvalue weighted by atomic mass is 10.1. The molecule has 0 amide bonds. The third kappa shape index (κ3) is 4.02. The quantitative estimate of drug-likeness (QED) is 0.740. The Morgan fingerprint density at radius 2 is 2.00 bits per heavy atom. The maximum atomic E-state index is 5.87. The summed E-state index contributed by atoms with van der Waals surface area (Å²) in [4.78, 5) is 0. The van der Waals surface area contributed by atoms with Crippen molar-refractivity contribution in [1.82, 2.24) is 5.32 Å². The highest BCUT2D eigenvalue weighted by atomic mass is 16.7. The molecule has 20 heavy (non-hydrogen) atoms. The van der Waals surface area contributed by atoms with Crippen molar-refractivity contribution in [3.63, 3.8) is 0 Å². The summed E-state index contributed by atoms with van der Waals surface area (Å²) in [5.74, 6) is 2.87. The minimum atomic E-state index is 0.277. The third-order valence-electron chi connectivity index (χ3n) is 2.93. The second-order valence-electron chi connectivity index (χ2n) is 5.19. The van der Waals surface area contributed by atoms with Crippen molar-refractivity contribution in [3.8, 4) is 17.2 Å². The molecule has 0 fully saturated rings. The first-order valence-electron chi connectivity index (χ1n) is 6.95. The van der Waals surface area contributed by atoms with Gasteiger partial charge in [-0.1, -0.05) is 13.8 Å². The molecular weight excluding hydrogens is 258 g/mol. The highest BCUT2D eigenvalue weighted by Crippen LogP contribution is 2.38. The van der Waals surface area contributed by atoms with Crippen molar-refractivity contribution < 1.29 is 18.9 Å². The van der Waals surface area contributed by atoms with E-state index in [-0.39, 0.29) is 6.79 Å². The van der Waals surface area contributed by atoms with Crippen LogP contribution in [-0.4, -0.2) is 33.7 Å². The van der Waals surface area contributed by atoms with Crippen LogP contribution in [0.1, 0.15) is 19.4 Å². The van der Waals surface area contributed by atoms with Crippen LogP contribution in [0.3, 0.4) is 0 Å². The summed E-state index contributed by atoms with van der Waals surface area (Å²) in [6, 6.07) is 3.90. The van der Waals surface area contributed by atoms with Crippen molar-refractivity contribution in [2.24, 2.45) is 5.92 Å². The first-order valence-corrected chi connectivity index (χ1v) is 6.95. The fourth-order valence-electron chi connectivity index (χ4n) is 1.89. The van der Waals surface area contributed by atoms with Crippen LogP contribution in [0, 0.1) is 5.92 Å². The van der Waals surface area contributed by atoms with Crippen LogP contribution in [0.4, 0.5) is 0 Å². The Morgan fingerprint density at radius 3 is 2.70 bits per heavy atom. The smallest absolute Gasteiger partial charge is 0.231 e. The van der Waals surface area contributed by atoms with Gasteiger partial charge in [0.25, 0.3) is 0 Å². The number of hydrogen-bond donors (Lipinski definition) is 1. The van der Waals surface area contributed by atoms with Crippen molar-refractivity contribution >= 4 is 0 Å². The number of ether oxygens (including phenoxy) is 4. The number of methoxy groups -OCH3 is 1. The first kappa shape index (κ1) is 14.9. The van der Waals surface area contributed by atoms with Gasteiger partial charge in [0.1, 0.15) is 5.75 Å². The normalized spacial score (nSPS) is 13.0. The molecule has 112 valence electrons. The fraction of sp³-hybridized carbons (Fsp3) is 0.600. The number of fused-ring (bicyclic) bond motifs is 1. The van der Waals surface area contributed by atoms with Crippen molar-refractivity contribution in [1.29, 1.82) is 0 Å². The largest absolute Gasteiger partial charge is 0.493 e. The van der Waals surface area contributed by atoms with Gasteiger partial charge >= 0.3 is 0 Å². The van der Waals surface area contributed by atoms with Gasteiger partial charge in [-0.3, -0.25) is 0 Å². The maximum absolute atomic E-state index is 5.87. The maximum Gasteiger partial charge on any atom is 0.231 e. The van der Waals surface area contributed by atoms with Gasteiger partial charge in [0.2, 0.25) is 6.79 Å². The summed E-state index contributed by atoms with van der Waals surface area (Å²) < 4.78 is 21.7. The molecule has 1 aliphatic rings. The predicted octanol–water partition coefficient (Wildman–Crippen LogP) is 2.19. The van der Waals surface area contributed by atoms with Gasteiger partial charge in [0, 0.05) is 31.8 Å². The van der Waals surface area contributed by atoms with Crippen LogP contribution in [0.25, 0.3) is 0 Å². The zero-order chi connectivity index (χ0) is 14.4. The summed E-state index contributed by atoms with van der Waals surface area (Å²) in [6.45, 7) is 7.42. The van der Waals surface area contributed by atoms with E-state index >= 15 is 0 Å². The highest BCUT2D eigenvalue weighted by molar-refractivity contribution is 5.51. The summed E-state index contributed by atoms with van der Waals surface area (Å²) in [5, 5.41) is 3.32. The average molecular weight is 281 g/mol. The van der Waals surface area contributed by atoms with Crippen LogP contribution in [0.5, 0.6) is 17.2 Å². The molecule has 2 rings (SSSR count). The molecule has 0 atom stereocenters. The standard InChI is InChI=1S/C15H23NO4/c1-11(2)9-18-13-7-15-14(19-10-20-15)6-12(13)8-16-4-5-17-3/h6-7,11,16H,4-5,8-10H2,1-3H3. The zero-order valence-electron chi connectivity index (χ0n) is 12.4. The molecule has 1 aliphatic heterocycles. The Kier molecular flexibility index (Phi) is 5.49. The molecule has 0 spiro atoms. The molecule has 0 aromatic heterocycles. The van der Waals surface area contributed by atoms with Gasteiger partial charge in [-0.15, -0.1) is 0 Å². The lowest BCUT2D eigenvalue weighted by Gasteiger charge is -2.14. The molecule has 0 unspecified atom stereocenters. The molecule has 0 saturated carbocycles. The van der Waals surface area contributed by atoms with Gasteiger partial charge in [0.15, 0.2) is 11.5 Å². The van der Waals surface area contributed by atoms with E-state index in [4.69, 9.17) is 18.9 Å². The molecule has 0 saturated heterocycles. The topological polar surface area (TPSA) is 49.0 Å². The number of hydrogen-bond acceptors (Lipinski definition) is 5. The number of benzene rings is 1. The van der Waals surface area contributed by atoms with E-state index < -0.39 is 0 Å². The van der Waals surface area contributed by atoms with E-state index in [9.17, 15) is 0 Å². The van der Waals surface area contributed by atoms with Crippen molar-refractivity contribution in [2.45, 2.75) is 20.4 Å². The van der Waals surface area contributed by atoms with Gasteiger partial charge in [0.05, 0.1) is 13.2 Å². The van der Waals surface area contributed by atoms with E-state index in [0.717, 1.165) is 29.4 Å². The van der Waals surface area contributed by atoms with Crippen LogP contribution < -0.4 is 19.5 Å². The predicted molar refractivity (Wildman–Crippen MR) is 76.5 cm³/mol. The average Bonchev–Trinajstić information content (AvgIpc) is 2.87. The summed E-state index contributed by atoms with van der Waals surface area (Å²) in [5.41, 5.74) is 1.08. The molecule has 0 bridgehead atoms. The lowest BCUT2D eigenvalue weighted by Crippen LogP contribution is -2.19. The minimum absolute atomic E-state index is 0.277. The van der Waals surface area contributed by atoms with E-state index in [2.05, 4.69) is 19.2 Å². The second kappa shape index (κ2) is 7.36. The second-order valence-corrected chi connectivity index (χ2v) is 5.19. The molecule has 0 aliphatic carbocycles. The molecule has 0 radical (unpaired) electrons. The lowest BCUT2D eigenvalue weighted by molar-refractivity contribution is 0.173. The first-order chi connectivity index (χ1) is 9.70. The van der Waals surface area contributed by atoms with Crippen LogP contribution in [0.2, 0.25) is 0 Å². The summed E-state index contributed by atoms with van der Waals surface area (Å²) in [7, 11) is 1.69. The van der Waals surface area contributed by atoms with Crippen LogP contribution in [0.15, 0.2) is 12.1 Å². The van der Waals surface area contributed by atoms with Gasteiger partial charge in [-0.2, -0.15) is 0 Å². The van der Waals surface area contributed by atoms with E-state index in [0.29, 0.717) is 25.7 Å². The van der Waals surface area contributed by atoms with Crippen LogP contribution >= 0.6 is 0 Å². The monoisotopic (exact) mass is 281 g/mol. The molecule has 1 aromatic carbocycles. The SMILES string of the molecule is COCCNCc1cc2c(cc1OCC(C)C)OCO2. The Balaban J connectivity index is 2.05.